The lowest BCUT2D eigenvalue weighted by Gasteiger charge is -2.33. The molecule has 0 radical (unpaired) electrons. The van der Waals surface area contributed by atoms with E-state index in [1.165, 1.54) is 25.0 Å². The molecule has 1 aliphatic heterocycles. The van der Waals surface area contributed by atoms with Crippen molar-refractivity contribution in [3.63, 3.8) is 0 Å². The van der Waals surface area contributed by atoms with Gasteiger partial charge in [0.1, 0.15) is 0 Å². The molecule has 41 heavy (non-hydrogen) atoms. The van der Waals surface area contributed by atoms with Crippen molar-refractivity contribution in [3.8, 4) is 0 Å². The summed E-state index contributed by atoms with van der Waals surface area (Å²) in [6.07, 6.45) is 3.40. The predicted octanol–water partition coefficient (Wildman–Crippen LogP) is 4.81. The molecule has 0 bridgehead atoms. The SMILES string of the molecule is O=C(NC1CCCCCC1)C1CCCN(C(=O)c2ccc(NS(=O)(=O)c3ccccc3)cc2)C1.O=C(O)C(F)(F)F. The van der Waals surface area contributed by atoms with E-state index in [0.29, 0.717) is 24.3 Å². The zero-order valence-corrected chi connectivity index (χ0v) is 23.2. The Hall–Kier alpha value is -3.61. The minimum absolute atomic E-state index is 0.0649. The van der Waals surface area contributed by atoms with Gasteiger partial charge in [0.05, 0.1) is 10.8 Å². The molecule has 224 valence electrons. The number of benzene rings is 2. The first-order valence-electron chi connectivity index (χ1n) is 13.4. The van der Waals surface area contributed by atoms with Crippen LogP contribution in [0.1, 0.15) is 61.7 Å². The summed E-state index contributed by atoms with van der Waals surface area (Å²) < 4.78 is 59.3. The monoisotopic (exact) mass is 597 g/mol. The van der Waals surface area contributed by atoms with E-state index >= 15 is 0 Å². The fourth-order valence-electron chi connectivity index (χ4n) is 4.80. The molecule has 3 N–H and O–H groups in total. The van der Waals surface area contributed by atoms with Gasteiger partial charge in [-0.1, -0.05) is 43.9 Å². The van der Waals surface area contributed by atoms with E-state index in [4.69, 9.17) is 9.90 Å². The molecule has 2 fully saturated rings. The molecule has 1 aliphatic carbocycles. The van der Waals surface area contributed by atoms with E-state index < -0.39 is 22.2 Å². The highest BCUT2D eigenvalue weighted by Gasteiger charge is 2.38. The Kier molecular flexibility index (Phi) is 11.2. The molecule has 2 aromatic carbocycles. The van der Waals surface area contributed by atoms with Gasteiger partial charge in [0, 0.05) is 30.4 Å². The molecule has 2 aliphatic rings. The van der Waals surface area contributed by atoms with Crippen molar-refractivity contribution in [2.24, 2.45) is 5.92 Å². The highest BCUT2D eigenvalue weighted by atomic mass is 32.2. The fourth-order valence-corrected chi connectivity index (χ4v) is 5.88. The summed E-state index contributed by atoms with van der Waals surface area (Å²) in [5, 5.41) is 10.4. The Labute approximate surface area is 237 Å². The number of amides is 2. The van der Waals surface area contributed by atoms with Gasteiger partial charge < -0.3 is 15.3 Å². The number of carboxylic acid groups (broad SMARTS) is 1. The molecule has 13 heteroatoms. The number of piperidine rings is 1. The lowest BCUT2D eigenvalue weighted by atomic mass is 9.95. The first kappa shape index (κ1) is 31.9. The van der Waals surface area contributed by atoms with Gasteiger partial charge in [-0.25, -0.2) is 13.2 Å². The molecule has 9 nitrogen and oxygen atoms in total. The van der Waals surface area contributed by atoms with Gasteiger partial charge in [-0.2, -0.15) is 13.2 Å². The van der Waals surface area contributed by atoms with Crippen LogP contribution in [0.25, 0.3) is 0 Å². The Balaban J connectivity index is 0.000000587. The molecule has 1 saturated carbocycles. The van der Waals surface area contributed by atoms with Crippen LogP contribution >= 0.6 is 0 Å². The lowest BCUT2D eigenvalue weighted by Crippen LogP contribution is -2.47. The highest BCUT2D eigenvalue weighted by molar-refractivity contribution is 7.92. The van der Waals surface area contributed by atoms with E-state index in [9.17, 15) is 31.2 Å². The summed E-state index contributed by atoms with van der Waals surface area (Å²) in [6, 6.07) is 14.8. The van der Waals surface area contributed by atoms with Crippen molar-refractivity contribution in [1.82, 2.24) is 10.2 Å². The maximum Gasteiger partial charge on any atom is 0.490 e. The average Bonchev–Trinajstić information content (AvgIpc) is 3.22. The summed E-state index contributed by atoms with van der Waals surface area (Å²) in [5.74, 6) is -3.01. The fraction of sp³-hybridized carbons (Fsp3) is 0.464. The Morgan fingerprint density at radius 2 is 1.44 bits per heavy atom. The van der Waals surface area contributed by atoms with Crippen molar-refractivity contribution in [2.75, 3.05) is 17.8 Å². The summed E-state index contributed by atoms with van der Waals surface area (Å²) >= 11 is 0. The number of hydrogen-bond donors (Lipinski definition) is 3. The number of nitrogens with zero attached hydrogens (tertiary/aromatic N) is 1. The van der Waals surface area contributed by atoms with Gasteiger partial charge in [0.15, 0.2) is 0 Å². The van der Waals surface area contributed by atoms with Crippen LogP contribution in [0.3, 0.4) is 0 Å². The van der Waals surface area contributed by atoms with Crippen LogP contribution < -0.4 is 10.0 Å². The molecule has 2 amide bonds. The van der Waals surface area contributed by atoms with E-state index in [1.54, 1.807) is 47.4 Å². The number of likely N-dealkylation sites (tertiary alicyclic amines) is 1. The molecule has 1 heterocycles. The number of sulfonamides is 1. The van der Waals surface area contributed by atoms with Crippen LogP contribution in [-0.2, 0) is 19.6 Å². The Bertz CT molecular complexity index is 1280. The number of halogens is 3. The Morgan fingerprint density at radius 3 is 2.00 bits per heavy atom. The molecule has 0 aromatic heterocycles. The summed E-state index contributed by atoms with van der Waals surface area (Å²) in [7, 11) is -3.69. The van der Waals surface area contributed by atoms with Crippen molar-refractivity contribution < 1.29 is 41.1 Å². The van der Waals surface area contributed by atoms with E-state index in [0.717, 1.165) is 38.5 Å². The first-order valence-corrected chi connectivity index (χ1v) is 14.9. The van der Waals surface area contributed by atoms with Crippen molar-refractivity contribution in [2.45, 2.75) is 68.5 Å². The number of carbonyl (C=O) groups excluding carboxylic acids is 2. The number of alkyl halides is 3. The third kappa shape index (κ3) is 9.76. The molecule has 1 saturated heterocycles. The number of aliphatic carboxylic acids is 1. The quantitative estimate of drug-likeness (QED) is 0.410. The molecule has 0 spiro atoms. The Morgan fingerprint density at radius 1 is 0.854 bits per heavy atom. The van der Waals surface area contributed by atoms with Crippen LogP contribution in [0.15, 0.2) is 59.5 Å². The summed E-state index contributed by atoms with van der Waals surface area (Å²) in [4.78, 5) is 36.8. The van der Waals surface area contributed by atoms with Gasteiger partial charge in [-0.15, -0.1) is 0 Å². The number of rotatable bonds is 6. The number of anilines is 1. The molecule has 2 aromatic rings. The molecule has 4 rings (SSSR count). The first-order chi connectivity index (χ1) is 19.4. The van der Waals surface area contributed by atoms with E-state index in [2.05, 4.69) is 10.0 Å². The van der Waals surface area contributed by atoms with Gasteiger partial charge in [0.25, 0.3) is 15.9 Å². The van der Waals surface area contributed by atoms with Crippen molar-refractivity contribution >= 4 is 33.5 Å². The minimum Gasteiger partial charge on any atom is -0.475 e. The summed E-state index contributed by atoms with van der Waals surface area (Å²) in [5.41, 5.74) is 0.868. The summed E-state index contributed by atoms with van der Waals surface area (Å²) in [6.45, 7) is 1.04. The number of nitrogens with one attached hydrogen (secondary N) is 2. The van der Waals surface area contributed by atoms with Gasteiger partial charge in [-0.3, -0.25) is 14.3 Å². The van der Waals surface area contributed by atoms with Gasteiger partial charge in [0.2, 0.25) is 5.91 Å². The highest BCUT2D eigenvalue weighted by Crippen LogP contribution is 2.23. The van der Waals surface area contributed by atoms with E-state index in [1.807, 2.05) is 0 Å². The largest absolute Gasteiger partial charge is 0.490 e. The molecule has 1 unspecified atom stereocenters. The third-order valence-electron chi connectivity index (χ3n) is 6.96. The second kappa shape index (κ2) is 14.3. The van der Waals surface area contributed by atoms with Crippen molar-refractivity contribution in [3.05, 3.63) is 60.2 Å². The predicted molar refractivity (Wildman–Crippen MR) is 146 cm³/mol. The molecular formula is C28H34F3N3O6S. The number of carboxylic acids is 1. The van der Waals surface area contributed by atoms with Crippen LogP contribution in [0.5, 0.6) is 0 Å². The topological polar surface area (TPSA) is 133 Å². The molecular weight excluding hydrogens is 563 g/mol. The van der Waals surface area contributed by atoms with Gasteiger partial charge in [-0.05, 0) is 62.1 Å². The smallest absolute Gasteiger partial charge is 0.475 e. The zero-order chi connectivity index (χ0) is 30.0. The second-order valence-electron chi connectivity index (χ2n) is 10.1. The van der Waals surface area contributed by atoms with Crippen molar-refractivity contribution in [1.29, 1.82) is 0 Å². The van der Waals surface area contributed by atoms with Crippen LogP contribution in [-0.4, -0.2) is 61.5 Å². The minimum atomic E-state index is -5.08. The maximum absolute atomic E-state index is 13.1. The lowest BCUT2D eigenvalue weighted by molar-refractivity contribution is -0.192. The zero-order valence-electron chi connectivity index (χ0n) is 22.4. The van der Waals surface area contributed by atoms with Crippen LogP contribution in [0.2, 0.25) is 0 Å². The van der Waals surface area contributed by atoms with Crippen LogP contribution in [0.4, 0.5) is 18.9 Å². The van der Waals surface area contributed by atoms with Gasteiger partial charge >= 0.3 is 12.1 Å². The van der Waals surface area contributed by atoms with E-state index in [-0.39, 0.29) is 28.7 Å². The number of carbonyl (C=O) groups is 3. The standard InChI is InChI=1S/C26H33N3O4S.C2HF3O2/c30-25(27-22-10-4-1-2-5-11-22)21-9-8-18-29(19-21)26(31)20-14-16-23(17-15-20)28-34(32,33)24-12-6-3-7-13-24;3-2(4,5)1(6)7/h3,6-7,12-17,21-22,28H,1-2,4-5,8-11,18-19H2,(H,27,30);(H,6,7). The number of hydrogen-bond acceptors (Lipinski definition) is 5. The molecule has 1 atom stereocenters. The average molecular weight is 598 g/mol. The second-order valence-corrected chi connectivity index (χ2v) is 11.8. The maximum atomic E-state index is 13.1. The van der Waals surface area contributed by atoms with Crippen LogP contribution in [0, 0.1) is 5.92 Å². The third-order valence-corrected chi connectivity index (χ3v) is 8.36. The normalized spacial score (nSPS) is 18.3.